The molecule has 1 aliphatic rings. The van der Waals surface area contributed by atoms with Crippen molar-refractivity contribution in [2.75, 3.05) is 6.61 Å². The van der Waals surface area contributed by atoms with Gasteiger partial charge >= 0.3 is 0 Å². The number of hydrogen-bond donors (Lipinski definition) is 0. The van der Waals surface area contributed by atoms with Crippen molar-refractivity contribution in [3.05, 3.63) is 51.7 Å². The molecular formula is C14H13BrOS. The fraction of sp³-hybridized carbons (Fsp3) is 0.286. The molecule has 3 rings (SSSR count). The van der Waals surface area contributed by atoms with E-state index in [1.165, 1.54) is 16.7 Å². The minimum Gasteiger partial charge on any atom is -0.493 e. The van der Waals surface area contributed by atoms with Gasteiger partial charge in [0.1, 0.15) is 5.75 Å². The first-order chi connectivity index (χ1) is 8.33. The van der Waals surface area contributed by atoms with Gasteiger partial charge in [0, 0.05) is 11.2 Å². The van der Waals surface area contributed by atoms with Gasteiger partial charge in [-0.05, 0) is 46.0 Å². The Hall–Kier alpha value is -0.800. The highest BCUT2D eigenvalue weighted by Gasteiger charge is 2.15. The lowest BCUT2D eigenvalue weighted by molar-refractivity contribution is 0.357. The summed E-state index contributed by atoms with van der Waals surface area (Å²) in [5, 5.41) is 4.34. The van der Waals surface area contributed by atoms with Crippen molar-refractivity contribution in [1.29, 1.82) is 0 Å². The number of thiophene rings is 1. The number of ether oxygens (including phenoxy) is 1. The number of hydrogen-bond acceptors (Lipinski definition) is 2. The van der Waals surface area contributed by atoms with Crippen molar-refractivity contribution in [3.63, 3.8) is 0 Å². The number of rotatable bonds is 3. The van der Waals surface area contributed by atoms with E-state index < -0.39 is 0 Å². The van der Waals surface area contributed by atoms with E-state index in [1.807, 2.05) is 0 Å². The summed E-state index contributed by atoms with van der Waals surface area (Å²) in [7, 11) is 0. The summed E-state index contributed by atoms with van der Waals surface area (Å²) in [6.45, 7) is 0.830. The smallest absolute Gasteiger partial charge is 0.122 e. The van der Waals surface area contributed by atoms with Gasteiger partial charge in [-0.3, -0.25) is 0 Å². The van der Waals surface area contributed by atoms with Crippen LogP contribution in [0.5, 0.6) is 5.75 Å². The molecule has 0 saturated heterocycles. The maximum atomic E-state index is 5.53. The molecule has 2 aromatic rings. The second-order valence-electron chi connectivity index (χ2n) is 4.27. The molecule has 0 saturated carbocycles. The number of fused-ring (bicyclic) bond motifs is 1. The zero-order chi connectivity index (χ0) is 11.7. The highest BCUT2D eigenvalue weighted by atomic mass is 79.9. The summed E-state index contributed by atoms with van der Waals surface area (Å²) < 4.78 is 5.53. The quantitative estimate of drug-likeness (QED) is 0.765. The molecule has 0 amide bonds. The van der Waals surface area contributed by atoms with Crippen molar-refractivity contribution < 1.29 is 4.74 Å². The van der Waals surface area contributed by atoms with Gasteiger partial charge in [0.15, 0.2) is 0 Å². The molecule has 0 bridgehead atoms. The maximum Gasteiger partial charge on any atom is 0.122 e. The minimum absolute atomic E-state index is 0.392. The zero-order valence-corrected chi connectivity index (χ0v) is 11.8. The van der Waals surface area contributed by atoms with Crippen LogP contribution in [0.1, 0.15) is 21.5 Å². The van der Waals surface area contributed by atoms with Crippen LogP contribution < -0.4 is 4.74 Å². The molecule has 0 radical (unpaired) electrons. The van der Waals surface area contributed by atoms with Crippen LogP contribution in [0.25, 0.3) is 0 Å². The van der Waals surface area contributed by atoms with Crippen molar-refractivity contribution in [3.8, 4) is 5.75 Å². The van der Waals surface area contributed by atoms with E-state index in [9.17, 15) is 0 Å². The molecule has 17 heavy (non-hydrogen) atoms. The molecule has 1 unspecified atom stereocenters. The molecule has 0 fully saturated rings. The summed E-state index contributed by atoms with van der Waals surface area (Å²) in [4.78, 5) is 0.392. The van der Waals surface area contributed by atoms with E-state index in [2.05, 4.69) is 51.0 Å². The first-order valence-corrected chi connectivity index (χ1v) is 7.59. The Kier molecular flexibility index (Phi) is 3.21. The molecule has 3 heteroatoms. The second kappa shape index (κ2) is 4.83. The Balaban J connectivity index is 1.79. The van der Waals surface area contributed by atoms with E-state index in [1.54, 1.807) is 11.3 Å². The summed E-state index contributed by atoms with van der Waals surface area (Å²) in [6, 6.07) is 8.72. The van der Waals surface area contributed by atoms with Gasteiger partial charge in [-0.2, -0.15) is 11.3 Å². The number of alkyl halides is 1. The van der Waals surface area contributed by atoms with Crippen molar-refractivity contribution in [2.24, 2.45) is 0 Å². The summed E-state index contributed by atoms with van der Waals surface area (Å²) >= 11 is 5.54. The van der Waals surface area contributed by atoms with Gasteiger partial charge in [-0.1, -0.05) is 28.1 Å². The van der Waals surface area contributed by atoms with Gasteiger partial charge in [0.2, 0.25) is 0 Å². The first kappa shape index (κ1) is 11.3. The van der Waals surface area contributed by atoms with Gasteiger partial charge in [0.25, 0.3) is 0 Å². The van der Waals surface area contributed by atoms with E-state index >= 15 is 0 Å². The molecule has 1 aromatic carbocycles. The number of benzene rings is 1. The lowest BCUT2D eigenvalue weighted by atomic mass is 10.0. The monoisotopic (exact) mass is 308 g/mol. The fourth-order valence-electron chi connectivity index (χ4n) is 2.13. The lowest BCUT2D eigenvalue weighted by Gasteiger charge is -2.10. The lowest BCUT2D eigenvalue weighted by Crippen LogP contribution is -1.94. The van der Waals surface area contributed by atoms with E-state index in [-0.39, 0.29) is 0 Å². The minimum atomic E-state index is 0.392. The molecule has 0 spiro atoms. The normalized spacial score (nSPS) is 15.4. The average molecular weight is 309 g/mol. The Morgan fingerprint density at radius 3 is 3.12 bits per heavy atom. The highest BCUT2D eigenvalue weighted by Crippen LogP contribution is 2.33. The molecule has 1 nitrogen and oxygen atoms in total. The van der Waals surface area contributed by atoms with Crippen LogP contribution in [-0.2, 0) is 12.8 Å². The molecule has 1 aliphatic heterocycles. The van der Waals surface area contributed by atoms with Gasteiger partial charge in [-0.15, -0.1) is 0 Å². The third-order valence-electron chi connectivity index (χ3n) is 3.07. The van der Waals surface area contributed by atoms with Crippen LogP contribution >= 0.6 is 27.3 Å². The molecule has 2 heterocycles. The molecular weight excluding hydrogens is 296 g/mol. The van der Waals surface area contributed by atoms with Crippen LogP contribution in [0.2, 0.25) is 0 Å². The molecule has 1 aromatic heterocycles. The molecule has 1 atom stereocenters. The van der Waals surface area contributed by atoms with Crippen molar-refractivity contribution in [1.82, 2.24) is 0 Å². The van der Waals surface area contributed by atoms with E-state index in [4.69, 9.17) is 4.74 Å². The van der Waals surface area contributed by atoms with Crippen LogP contribution in [0.15, 0.2) is 35.0 Å². The predicted molar refractivity (Wildman–Crippen MR) is 75.3 cm³/mol. The predicted octanol–water partition coefficient (Wildman–Crippen LogP) is 4.36. The average Bonchev–Trinajstić information content (AvgIpc) is 2.97. The zero-order valence-electron chi connectivity index (χ0n) is 9.36. The highest BCUT2D eigenvalue weighted by molar-refractivity contribution is 9.09. The first-order valence-electron chi connectivity index (χ1n) is 5.74. The SMILES string of the molecule is BrC(Cc1ccsc1)c1ccc2c(c1)CCO2. The maximum absolute atomic E-state index is 5.53. The van der Waals surface area contributed by atoms with Gasteiger partial charge < -0.3 is 4.74 Å². The third kappa shape index (κ3) is 2.40. The van der Waals surface area contributed by atoms with Gasteiger partial charge in [-0.25, -0.2) is 0 Å². The second-order valence-corrected chi connectivity index (χ2v) is 6.15. The Bertz CT molecular complexity index is 507. The largest absolute Gasteiger partial charge is 0.493 e. The molecule has 0 N–H and O–H groups in total. The van der Waals surface area contributed by atoms with Crippen LogP contribution in [0.3, 0.4) is 0 Å². The van der Waals surface area contributed by atoms with Crippen LogP contribution in [0, 0.1) is 0 Å². The Morgan fingerprint density at radius 1 is 1.35 bits per heavy atom. The molecule has 0 aliphatic carbocycles. The fourth-order valence-corrected chi connectivity index (χ4v) is 3.48. The Labute approximate surface area is 114 Å². The third-order valence-corrected chi connectivity index (χ3v) is 4.65. The summed E-state index contributed by atoms with van der Waals surface area (Å²) in [5.41, 5.74) is 4.09. The van der Waals surface area contributed by atoms with E-state index in [0.29, 0.717) is 4.83 Å². The summed E-state index contributed by atoms with van der Waals surface area (Å²) in [6.07, 6.45) is 2.09. The molecule has 88 valence electrons. The Morgan fingerprint density at radius 2 is 2.29 bits per heavy atom. The topological polar surface area (TPSA) is 9.23 Å². The van der Waals surface area contributed by atoms with E-state index in [0.717, 1.165) is 25.2 Å². The number of halogens is 1. The summed E-state index contributed by atoms with van der Waals surface area (Å²) in [5.74, 6) is 1.06. The standard InChI is InChI=1S/C14H13BrOS/c15-13(7-10-4-6-17-9-10)11-1-2-14-12(8-11)3-5-16-14/h1-2,4,6,8-9,13H,3,5,7H2. The van der Waals surface area contributed by atoms with Crippen LogP contribution in [-0.4, -0.2) is 6.61 Å². The van der Waals surface area contributed by atoms with Gasteiger partial charge in [0.05, 0.1) is 6.61 Å². The van der Waals surface area contributed by atoms with Crippen LogP contribution in [0.4, 0.5) is 0 Å². The van der Waals surface area contributed by atoms with Crippen molar-refractivity contribution in [2.45, 2.75) is 17.7 Å². The van der Waals surface area contributed by atoms with Crippen molar-refractivity contribution >= 4 is 27.3 Å².